The Balaban J connectivity index is 2.15. The molecular weight excluding hydrogens is 346 g/mol. The molecule has 2 rings (SSSR count). The SMILES string of the molecule is COc1ccc(-c2csc(N(CCC[NH+](C)C)C(=O)CCl)n2)cc1. The summed E-state index contributed by atoms with van der Waals surface area (Å²) in [5.41, 5.74) is 1.84. The van der Waals surface area contributed by atoms with E-state index >= 15 is 0 Å². The van der Waals surface area contributed by atoms with Gasteiger partial charge in [0.1, 0.15) is 11.6 Å². The number of rotatable bonds is 8. The minimum absolute atomic E-state index is 0.0354. The molecule has 0 aliphatic heterocycles. The molecule has 1 heterocycles. The number of methoxy groups -OCH3 is 1. The van der Waals surface area contributed by atoms with E-state index in [1.807, 2.05) is 29.6 Å². The van der Waals surface area contributed by atoms with Crippen molar-refractivity contribution >= 4 is 34.0 Å². The number of carbonyl (C=O) groups excluding carboxylic acids is 1. The molecule has 0 bridgehead atoms. The summed E-state index contributed by atoms with van der Waals surface area (Å²) in [6.07, 6.45) is 0.905. The van der Waals surface area contributed by atoms with Crippen LogP contribution in [0.25, 0.3) is 11.3 Å². The molecule has 1 aromatic heterocycles. The van der Waals surface area contributed by atoms with E-state index in [2.05, 4.69) is 19.1 Å². The lowest BCUT2D eigenvalue weighted by Crippen LogP contribution is -3.05. The van der Waals surface area contributed by atoms with Gasteiger partial charge in [-0.05, 0) is 24.3 Å². The molecule has 0 aliphatic rings. The van der Waals surface area contributed by atoms with Crippen molar-refractivity contribution in [2.24, 2.45) is 0 Å². The quantitative estimate of drug-likeness (QED) is 0.724. The summed E-state index contributed by atoms with van der Waals surface area (Å²) >= 11 is 7.22. The molecule has 24 heavy (non-hydrogen) atoms. The van der Waals surface area contributed by atoms with Crippen LogP contribution in [0.2, 0.25) is 0 Å². The third-order valence-electron chi connectivity index (χ3n) is 3.58. The van der Waals surface area contributed by atoms with Gasteiger partial charge < -0.3 is 9.64 Å². The fraction of sp³-hybridized carbons (Fsp3) is 0.412. The van der Waals surface area contributed by atoms with E-state index in [0.29, 0.717) is 11.7 Å². The molecule has 0 spiro atoms. The van der Waals surface area contributed by atoms with E-state index in [4.69, 9.17) is 16.3 Å². The van der Waals surface area contributed by atoms with Crippen molar-refractivity contribution in [1.29, 1.82) is 0 Å². The number of ether oxygens (including phenoxy) is 1. The number of anilines is 1. The number of benzene rings is 1. The Morgan fingerprint density at radius 1 is 1.33 bits per heavy atom. The standard InChI is InChI=1S/C17H22ClN3O2S/c1-20(2)9-4-10-21(16(22)11-18)17-19-15(12-24-17)13-5-7-14(23-3)8-6-13/h5-8,12H,4,9-11H2,1-3H3/p+1. The molecule has 1 N–H and O–H groups in total. The van der Waals surface area contributed by atoms with Crippen molar-refractivity contribution in [3.05, 3.63) is 29.6 Å². The number of halogens is 1. The maximum atomic E-state index is 12.2. The zero-order valence-electron chi connectivity index (χ0n) is 14.2. The zero-order chi connectivity index (χ0) is 17.5. The Kier molecular flexibility index (Phi) is 7.02. The number of amides is 1. The average molecular weight is 369 g/mol. The Labute approximate surface area is 151 Å². The highest BCUT2D eigenvalue weighted by molar-refractivity contribution is 7.14. The summed E-state index contributed by atoms with van der Waals surface area (Å²) in [5.74, 6) is 0.659. The second-order valence-corrected chi connectivity index (χ2v) is 6.84. The smallest absolute Gasteiger partial charge is 0.243 e. The predicted octanol–water partition coefficient (Wildman–Crippen LogP) is 1.93. The number of thiazole rings is 1. The first kappa shape index (κ1) is 18.7. The Bertz CT molecular complexity index is 658. The largest absolute Gasteiger partial charge is 0.497 e. The molecule has 2 aromatic rings. The lowest BCUT2D eigenvalue weighted by molar-refractivity contribution is -0.858. The van der Waals surface area contributed by atoms with Crippen LogP contribution < -0.4 is 14.5 Å². The van der Waals surface area contributed by atoms with Crippen LogP contribution in [0.3, 0.4) is 0 Å². The fourth-order valence-corrected chi connectivity index (χ4v) is 3.29. The summed E-state index contributed by atoms with van der Waals surface area (Å²) in [7, 11) is 5.83. The van der Waals surface area contributed by atoms with Crippen molar-refractivity contribution < 1.29 is 14.4 Å². The van der Waals surface area contributed by atoms with Gasteiger partial charge in [0.15, 0.2) is 5.13 Å². The van der Waals surface area contributed by atoms with E-state index in [9.17, 15) is 4.79 Å². The van der Waals surface area contributed by atoms with Gasteiger partial charge in [-0.15, -0.1) is 22.9 Å². The molecule has 0 unspecified atom stereocenters. The van der Waals surface area contributed by atoms with Crippen molar-refractivity contribution in [3.8, 4) is 17.0 Å². The summed E-state index contributed by atoms with van der Waals surface area (Å²) < 4.78 is 5.17. The van der Waals surface area contributed by atoms with Crippen LogP contribution in [0.4, 0.5) is 5.13 Å². The predicted molar refractivity (Wildman–Crippen MR) is 99.5 cm³/mol. The van der Waals surface area contributed by atoms with Gasteiger partial charge in [0.2, 0.25) is 5.91 Å². The van der Waals surface area contributed by atoms with Crippen molar-refractivity contribution in [1.82, 2.24) is 4.98 Å². The van der Waals surface area contributed by atoms with Crippen LogP contribution in [0.5, 0.6) is 5.75 Å². The van der Waals surface area contributed by atoms with Crippen LogP contribution in [-0.2, 0) is 4.79 Å². The van der Waals surface area contributed by atoms with E-state index in [-0.39, 0.29) is 11.8 Å². The number of hydrogen-bond acceptors (Lipinski definition) is 4. The van der Waals surface area contributed by atoms with E-state index < -0.39 is 0 Å². The normalized spacial score (nSPS) is 10.9. The summed E-state index contributed by atoms with van der Waals surface area (Å²) in [4.78, 5) is 19.8. The highest BCUT2D eigenvalue weighted by Gasteiger charge is 2.19. The van der Waals surface area contributed by atoms with Crippen LogP contribution in [-0.4, -0.2) is 51.1 Å². The van der Waals surface area contributed by atoms with Gasteiger partial charge in [0.25, 0.3) is 0 Å². The van der Waals surface area contributed by atoms with Gasteiger partial charge in [-0.3, -0.25) is 9.69 Å². The molecule has 1 amide bonds. The molecule has 0 fully saturated rings. The van der Waals surface area contributed by atoms with Gasteiger partial charge in [-0.25, -0.2) is 4.98 Å². The molecule has 5 nitrogen and oxygen atoms in total. The van der Waals surface area contributed by atoms with Crippen molar-refractivity contribution in [2.75, 3.05) is 45.1 Å². The molecule has 0 aliphatic carbocycles. The van der Waals surface area contributed by atoms with Gasteiger partial charge in [0.05, 0.1) is 33.4 Å². The average Bonchev–Trinajstić information content (AvgIpc) is 3.07. The third kappa shape index (κ3) is 4.93. The first-order valence-corrected chi connectivity index (χ1v) is 9.22. The monoisotopic (exact) mass is 368 g/mol. The van der Waals surface area contributed by atoms with Crippen LogP contribution >= 0.6 is 22.9 Å². The maximum Gasteiger partial charge on any atom is 0.243 e. The first-order valence-electron chi connectivity index (χ1n) is 7.80. The van der Waals surface area contributed by atoms with Gasteiger partial charge in [0, 0.05) is 23.9 Å². The fourth-order valence-electron chi connectivity index (χ4n) is 2.27. The van der Waals surface area contributed by atoms with Crippen molar-refractivity contribution in [3.63, 3.8) is 0 Å². The number of nitrogens with zero attached hydrogens (tertiary/aromatic N) is 2. The number of aromatic nitrogens is 1. The molecule has 0 atom stereocenters. The maximum absolute atomic E-state index is 12.2. The highest BCUT2D eigenvalue weighted by Crippen LogP contribution is 2.28. The Hall–Kier alpha value is -1.63. The summed E-state index contributed by atoms with van der Waals surface area (Å²) in [6.45, 7) is 1.62. The molecular formula is C17H23ClN3O2S+. The van der Waals surface area contributed by atoms with Crippen LogP contribution in [0.15, 0.2) is 29.6 Å². The number of nitrogens with one attached hydrogen (secondary N) is 1. The van der Waals surface area contributed by atoms with Crippen LogP contribution in [0, 0.1) is 0 Å². The second-order valence-electron chi connectivity index (χ2n) is 5.73. The minimum Gasteiger partial charge on any atom is -0.497 e. The van der Waals surface area contributed by atoms with Gasteiger partial charge >= 0.3 is 0 Å². The Morgan fingerprint density at radius 3 is 2.62 bits per heavy atom. The van der Waals surface area contributed by atoms with Gasteiger partial charge in [-0.1, -0.05) is 0 Å². The number of carbonyl (C=O) groups is 1. The minimum atomic E-state index is -0.110. The van der Waals surface area contributed by atoms with Crippen molar-refractivity contribution in [2.45, 2.75) is 6.42 Å². The topological polar surface area (TPSA) is 46.9 Å². The molecule has 0 radical (unpaired) electrons. The molecule has 0 saturated carbocycles. The van der Waals surface area contributed by atoms with Crippen LogP contribution in [0.1, 0.15) is 6.42 Å². The van der Waals surface area contributed by atoms with E-state index in [1.165, 1.54) is 16.2 Å². The highest BCUT2D eigenvalue weighted by atomic mass is 35.5. The first-order chi connectivity index (χ1) is 11.5. The molecule has 130 valence electrons. The Morgan fingerprint density at radius 2 is 2.04 bits per heavy atom. The lowest BCUT2D eigenvalue weighted by atomic mass is 10.2. The number of hydrogen-bond donors (Lipinski definition) is 1. The molecule has 0 saturated heterocycles. The molecule has 7 heteroatoms. The zero-order valence-corrected chi connectivity index (χ0v) is 15.8. The van der Waals surface area contributed by atoms with Gasteiger partial charge in [-0.2, -0.15) is 0 Å². The summed E-state index contributed by atoms with van der Waals surface area (Å²) in [6, 6.07) is 7.72. The second kappa shape index (κ2) is 9.01. The number of quaternary nitrogens is 1. The number of alkyl halides is 1. The van der Waals surface area contributed by atoms with E-state index in [1.54, 1.807) is 12.0 Å². The van der Waals surface area contributed by atoms with E-state index in [0.717, 1.165) is 30.0 Å². The third-order valence-corrected chi connectivity index (χ3v) is 4.67. The molecule has 1 aromatic carbocycles. The lowest BCUT2D eigenvalue weighted by Gasteiger charge is -2.19. The summed E-state index contributed by atoms with van der Waals surface area (Å²) in [5, 5.41) is 2.66.